The molecule has 4 aromatic rings. The van der Waals surface area contributed by atoms with E-state index in [9.17, 15) is 29.4 Å². The molecule has 0 unspecified atom stereocenters. The molecule has 2 amide bonds. The van der Waals surface area contributed by atoms with E-state index in [4.69, 9.17) is 0 Å². The normalized spacial score (nSPS) is 10.5. The fourth-order valence-electron chi connectivity index (χ4n) is 4.40. The highest BCUT2D eigenvalue weighted by molar-refractivity contribution is 6.11. The molecule has 0 aliphatic carbocycles. The van der Waals surface area contributed by atoms with Crippen LogP contribution in [0.3, 0.4) is 0 Å². The maximum atomic E-state index is 13.0. The number of amides is 2. The SMILES string of the molecule is CNC(=O)c1ccc(-c2ccc(C(=O)Nc3ccc(-c4ccc(C)cc4C)cc3)c(C(=O)O)c2)cc1C(=O)O. The Kier molecular flexibility index (Phi) is 7.58. The van der Waals surface area contributed by atoms with Crippen molar-refractivity contribution in [3.05, 3.63) is 112 Å². The molecule has 0 aromatic heterocycles. The average molecular weight is 523 g/mol. The summed E-state index contributed by atoms with van der Waals surface area (Å²) in [4.78, 5) is 48.8. The zero-order valence-electron chi connectivity index (χ0n) is 21.5. The highest BCUT2D eigenvalue weighted by Crippen LogP contribution is 2.28. The fraction of sp³-hybridized carbons (Fsp3) is 0.0968. The minimum Gasteiger partial charge on any atom is -0.478 e. The first-order valence-corrected chi connectivity index (χ1v) is 12.0. The lowest BCUT2D eigenvalue weighted by Gasteiger charge is -2.12. The Morgan fingerprint density at radius 1 is 0.590 bits per heavy atom. The van der Waals surface area contributed by atoms with E-state index in [0.717, 1.165) is 16.7 Å². The van der Waals surface area contributed by atoms with Crippen LogP contribution >= 0.6 is 0 Å². The number of carboxylic acids is 2. The Bertz CT molecular complexity index is 1620. The summed E-state index contributed by atoms with van der Waals surface area (Å²) in [5.74, 6) is -3.76. The van der Waals surface area contributed by atoms with E-state index in [1.807, 2.05) is 38.1 Å². The van der Waals surface area contributed by atoms with Crippen LogP contribution in [0.2, 0.25) is 0 Å². The molecule has 0 saturated heterocycles. The maximum absolute atomic E-state index is 13.0. The van der Waals surface area contributed by atoms with Crippen LogP contribution in [-0.2, 0) is 0 Å². The van der Waals surface area contributed by atoms with E-state index in [2.05, 4.69) is 16.7 Å². The molecule has 4 N–H and O–H groups in total. The highest BCUT2D eigenvalue weighted by Gasteiger charge is 2.20. The second-order valence-electron chi connectivity index (χ2n) is 9.06. The van der Waals surface area contributed by atoms with Crippen molar-refractivity contribution < 1.29 is 29.4 Å². The summed E-state index contributed by atoms with van der Waals surface area (Å²) < 4.78 is 0. The summed E-state index contributed by atoms with van der Waals surface area (Å²) in [7, 11) is 1.39. The van der Waals surface area contributed by atoms with Crippen LogP contribution in [0.5, 0.6) is 0 Å². The van der Waals surface area contributed by atoms with Crippen molar-refractivity contribution in [1.82, 2.24) is 5.32 Å². The summed E-state index contributed by atoms with van der Waals surface area (Å²) in [6.07, 6.45) is 0. The number of aromatic carboxylic acids is 2. The third-order valence-electron chi connectivity index (χ3n) is 6.39. The average Bonchev–Trinajstić information content (AvgIpc) is 2.92. The first-order valence-electron chi connectivity index (χ1n) is 12.0. The monoisotopic (exact) mass is 522 g/mol. The van der Waals surface area contributed by atoms with Crippen molar-refractivity contribution in [1.29, 1.82) is 0 Å². The zero-order chi connectivity index (χ0) is 28.3. The number of hydrogen-bond acceptors (Lipinski definition) is 4. The quantitative estimate of drug-likeness (QED) is 0.248. The van der Waals surface area contributed by atoms with Gasteiger partial charge in [0.1, 0.15) is 0 Å². The summed E-state index contributed by atoms with van der Waals surface area (Å²) in [6, 6.07) is 21.9. The van der Waals surface area contributed by atoms with Gasteiger partial charge in [0.2, 0.25) is 0 Å². The van der Waals surface area contributed by atoms with Gasteiger partial charge in [0.05, 0.1) is 22.3 Å². The first kappa shape index (κ1) is 26.8. The molecule has 196 valence electrons. The van der Waals surface area contributed by atoms with Gasteiger partial charge in [-0.1, -0.05) is 48.0 Å². The second kappa shape index (κ2) is 11.0. The molecule has 0 bridgehead atoms. The van der Waals surface area contributed by atoms with Gasteiger partial charge in [-0.2, -0.15) is 0 Å². The predicted molar refractivity (Wildman–Crippen MR) is 148 cm³/mol. The van der Waals surface area contributed by atoms with E-state index >= 15 is 0 Å². The van der Waals surface area contributed by atoms with E-state index in [1.165, 1.54) is 49.0 Å². The van der Waals surface area contributed by atoms with Crippen molar-refractivity contribution >= 4 is 29.4 Å². The number of carbonyl (C=O) groups is 4. The number of nitrogens with one attached hydrogen (secondary N) is 2. The Morgan fingerprint density at radius 2 is 1.10 bits per heavy atom. The molecule has 0 saturated carbocycles. The van der Waals surface area contributed by atoms with Crippen molar-refractivity contribution in [2.75, 3.05) is 12.4 Å². The Labute approximate surface area is 224 Å². The molecule has 0 heterocycles. The molecule has 0 fully saturated rings. The van der Waals surface area contributed by atoms with Gasteiger partial charge in [-0.3, -0.25) is 9.59 Å². The van der Waals surface area contributed by atoms with Crippen LogP contribution in [0, 0.1) is 13.8 Å². The van der Waals surface area contributed by atoms with Gasteiger partial charge in [-0.25, -0.2) is 9.59 Å². The van der Waals surface area contributed by atoms with Gasteiger partial charge < -0.3 is 20.8 Å². The molecule has 0 spiro atoms. The zero-order valence-corrected chi connectivity index (χ0v) is 21.5. The summed E-state index contributed by atoms with van der Waals surface area (Å²) in [6.45, 7) is 4.07. The number of carbonyl (C=O) groups excluding carboxylic acids is 2. The lowest BCUT2D eigenvalue weighted by Crippen LogP contribution is -2.21. The molecule has 0 radical (unpaired) electrons. The van der Waals surface area contributed by atoms with Crippen LogP contribution < -0.4 is 10.6 Å². The summed E-state index contributed by atoms with van der Waals surface area (Å²) in [5.41, 5.74) is 5.10. The van der Waals surface area contributed by atoms with Gasteiger partial charge in [-0.15, -0.1) is 0 Å². The largest absolute Gasteiger partial charge is 0.478 e. The standard InChI is InChI=1S/C31H26N2O6/c1-17-4-11-23(18(2)14-17)19-5-9-22(10-6-19)33-29(35)25-13-8-21(16-27(25)31(38)39)20-7-12-24(28(34)32-3)26(15-20)30(36)37/h4-16H,1-3H3,(H,32,34)(H,33,35)(H,36,37)(H,38,39). The van der Waals surface area contributed by atoms with Gasteiger partial charge in [0.25, 0.3) is 11.8 Å². The van der Waals surface area contributed by atoms with Gasteiger partial charge in [0, 0.05) is 12.7 Å². The number of anilines is 1. The molecular weight excluding hydrogens is 496 g/mol. The Balaban J connectivity index is 1.61. The third kappa shape index (κ3) is 5.70. The molecule has 8 heteroatoms. The summed E-state index contributed by atoms with van der Waals surface area (Å²) >= 11 is 0. The predicted octanol–water partition coefficient (Wildman–Crippen LogP) is 5.65. The maximum Gasteiger partial charge on any atom is 0.336 e. The number of hydrogen-bond donors (Lipinski definition) is 4. The van der Waals surface area contributed by atoms with Gasteiger partial charge >= 0.3 is 11.9 Å². The number of rotatable bonds is 7. The molecule has 4 rings (SSSR count). The van der Waals surface area contributed by atoms with Crippen LogP contribution in [0.15, 0.2) is 78.9 Å². The van der Waals surface area contributed by atoms with E-state index in [1.54, 1.807) is 12.1 Å². The lowest BCUT2D eigenvalue weighted by molar-refractivity contribution is 0.0683. The number of benzene rings is 4. The van der Waals surface area contributed by atoms with Crippen molar-refractivity contribution in [3.63, 3.8) is 0 Å². The van der Waals surface area contributed by atoms with Crippen LogP contribution in [0.1, 0.15) is 52.6 Å². The molecule has 0 aliphatic rings. The van der Waals surface area contributed by atoms with E-state index < -0.39 is 23.8 Å². The first-order chi connectivity index (χ1) is 18.6. The molecular formula is C31H26N2O6. The summed E-state index contributed by atoms with van der Waals surface area (Å²) in [5, 5.41) is 24.5. The molecule has 39 heavy (non-hydrogen) atoms. The van der Waals surface area contributed by atoms with Crippen LogP contribution in [-0.4, -0.2) is 41.0 Å². The Morgan fingerprint density at radius 3 is 1.59 bits per heavy atom. The second-order valence-corrected chi connectivity index (χ2v) is 9.06. The minimum absolute atomic E-state index is 0.0215. The van der Waals surface area contributed by atoms with Gasteiger partial charge in [0.15, 0.2) is 0 Å². The number of carboxylic acid groups (broad SMARTS) is 2. The van der Waals surface area contributed by atoms with Crippen molar-refractivity contribution in [2.24, 2.45) is 0 Å². The topological polar surface area (TPSA) is 133 Å². The third-order valence-corrected chi connectivity index (χ3v) is 6.39. The molecule has 0 atom stereocenters. The molecule has 0 aliphatic heterocycles. The highest BCUT2D eigenvalue weighted by atomic mass is 16.4. The smallest absolute Gasteiger partial charge is 0.336 e. The van der Waals surface area contributed by atoms with Crippen LogP contribution in [0.25, 0.3) is 22.3 Å². The lowest BCUT2D eigenvalue weighted by atomic mass is 9.95. The fourth-order valence-corrected chi connectivity index (χ4v) is 4.40. The minimum atomic E-state index is -1.31. The Hall–Kier alpha value is -5.24. The van der Waals surface area contributed by atoms with Crippen molar-refractivity contribution in [2.45, 2.75) is 13.8 Å². The van der Waals surface area contributed by atoms with E-state index in [0.29, 0.717) is 16.8 Å². The van der Waals surface area contributed by atoms with E-state index in [-0.39, 0.29) is 22.3 Å². The van der Waals surface area contributed by atoms with Crippen LogP contribution in [0.4, 0.5) is 5.69 Å². The molecule has 8 nitrogen and oxygen atoms in total. The van der Waals surface area contributed by atoms with Gasteiger partial charge in [-0.05, 0) is 78.1 Å². The number of aryl methyl sites for hydroxylation is 2. The molecule has 4 aromatic carbocycles. The van der Waals surface area contributed by atoms with Crippen molar-refractivity contribution in [3.8, 4) is 22.3 Å².